The Hall–Kier alpha value is -2.53. The number of fused-ring (bicyclic) bond motifs is 1. The fraction of sp³-hybridized carbons (Fsp3) is 0.308. The van der Waals surface area contributed by atoms with Crippen molar-refractivity contribution in [3.63, 3.8) is 0 Å². The zero-order valence-corrected chi connectivity index (χ0v) is 9.81. The van der Waals surface area contributed by atoms with Crippen LogP contribution in [0, 0.1) is 22.7 Å². The van der Waals surface area contributed by atoms with Gasteiger partial charge in [-0.15, -0.1) is 0 Å². The zero-order chi connectivity index (χ0) is 13.0. The van der Waals surface area contributed by atoms with Gasteiger partial charge in [0.2, 0.25) is 0 Å². The highest BCUT2D eigenvalue weighted by atomic mass is 16.2. The Kier molecular flexibility index (Phi) is 3.45. The summed E-state index contributed by atoms with van der Waals surface area (Å²) in [7, 11) is 0. The average molecular weight is 240 g/mol. The van der Waals surface area contributed by atoms with Gasteiger partial charge < -0.3 is 10.2 Å². The second kappa shape index (κ2) is 5.20. The Bertz CT molecular complexity index is 537. The molecular formula is C13H12N4O. The molecule has 0 saturated carbocycles. The number of carbonyl (C=O) groups is 1. The molecule has 1 aliphatic rings. The average Bonchev–Trinajstić information content (AvgIpc) is 2.84. The van der Waals surface area contributed by atoms with E-state index in [0.717, 1.165) is 18.7 Å². The minimum absolute atomic E-state index is 0.0725. The molecule has 1 heterocycles. The van der Waals surface area contributed by atoms with Gasteiger partial charge in [-0.05, 0) is 24.1 Å². The van der Waals surface area contributed by atoms with Crippen LogP contribution in [0.25, 0.3) is 0 Å². The van der Waals surface area contributed by atoms with E-state index >= 15 is 0 Å². The topological polar surface area (TPSA) is 79.9 Å². The maximum atomic E-state index is 12.1. The molecule has 2 rings (SSSR count). The second-order valence-electron chi connectivity index (χ2n) is 4.03. The molecule has 1 amide bonds. The molecule has 0 saturated heterocycles. The largest absolute Gasteiger partial charge is 0.384 e. The van der Waals surface area contributed by atoms with E-state index in [-0.39, 0.29) is 19.0 Å². The van der Waals surface area contributed by atoms with Crippen LogP contribution in [0.3, 0.4) is 0 Å². The summed E-state index contributed by atoms with van der Waals surface area (Å²) in [5, 5.41) is 20.5. The number of hydrogen-bond acceptors (Lipinski definition) is 4. The molecule has 18 heavy (non-hydrogen) atoms. The Labute approximate surface area is 105 Å². The number of rotatable bonds is 3. The van der Waals surface area contributed by atoms with E-state index < -0.39 is 0 Å². The molecule has 0 unspecified atom stereocenters. The number of anilines is 1. The van der Waals surface area contributed by atoms with E-state index in [9.17, 15) is 4.79 Å². The molecule has 0 fully saturated rings. The standard InChI is InChI=1S/C13H12N4O/c14-4-7-17(8-5-15)13(18)11-2-1-10-3-6-16-12(10)9-11/h1-2,9,16H,3,6-8H2. The molecule has 0 aromatic heterocycles. The Morgan fingerprint density at radius 3 is 2.72 bits per heavy atom. The predicted molar refractivity (Wildman–Crippen MR) is 65.8 cm³/mol. The van der Waals surface area contributed by atoms with Gasteiger partial charge in [0.1, 0.15) is 13.1 Å². The maximum Gasteiger partial charge on any atom is 0.255 e. The number of nitrogens with one attached hydrogen (secondary N) is 1. The third-order valence-electron chi connectivity index (χ3n) is 2.88. The maximum absolute atomic E-state index is 12.1. The van der Waals surface area contributed by atoms with E-state index in [1.54, 1.807) is 12.1 Å². The summed E-state index contributed by atoms with van der Waals surface area (Å²) in [5.41, 5.74) is 2.67. The van der Waals surface area contributed by atoms with E-state index in [4.69, 9.17) is 10.5 Å². The first-order valence-electron chi connectivity index (χ1n) is 5.66. The first-order chi connectivity index (χ1) is 8.76. The van der Waals surface area contributed by atoms with Crippen LogP contribution in [0.1, 0.15) is 15.9 Å². The van der Waals surface area contributed by atoms with Gasteiger partial charge in [-0.2, -0.15) is 10.5 Å². The van der Waals surface area contributed by atoms with Crippen LogP contribution in [-0.4, -0.2) is 30.4 Å². The number of nitrogens with zero attached hydrogens (tertiary/aromatic N) is 3. The van der Waals surface area contributed by atoms with Crippen LogP contribution in [-0.2, 0) is 6.42 Å². The monoisotopic (exact) mass is 240 g/mol. The van der Waals surface area contributed by atoms with Crippen molar-refractivity contribution in [2.45, 2.75) is 6.42 Å². The number of hydrogen-bond donors (Lipinski definition) is 1. The van der Waals surface area contributed by atoms with Crippen molar-refractivity contribution in [2.75, 3.05) is 25.0 Å². The highest BCUT2D eigenvalue weighted by Gasteiger charge is 2.18. The van der Waals surface area contributed by atoms with Crippen molar-refractivity contribution in [3.05, 3.63) is 29.3 Å². The molecule has 1 aliphatic heterocycles. The van der Waals surface area contributed by atoms with Gasteiger partial charge in [0.05, 0.1) is 12.1 Å². The lowest BCUT2D eigenvalue weighted by Crippen LogP contribution is -2.31. The first-order valence-corrected chi connectivity index (χ1v) is 5.66. The van der Waals surface area contributed by atoms with E-state index in [1.807, 2.05) is 18.2 Å². The summed E-state index contributed by atoms with van der Waals surface area (Å²) in [4.78, 5) is 13.4. The van der Waals surface area contributed by atoms with Gasteiger partial charge >= 0.3 is 0 Å². The van der Waals surface area contributed by atoms with Crippen LogP contribution in [0.2, 0.25) is 0 Å². The third kappa shape index (κ3) is 2.26. The summed E-state index contributed by atoms with van der Waals surface area (Å²) in [5.74, 6) is -0.283. The van der Waals surface area contributed by atoms with Crippen molar-refractivity contribution < 1.29 is 4.79 Å². The molecule has 1 aromatic carbocycles. The minimum atomic E-state index is -0.283. The van der Waals surface area contributed by atoms with E-state index in [2.05, 4.69) is 5.32 Å². The number of carbonyl (C=O) groups excluding carboxylic acids is 1. The third-order valence-corrected chi connectivity index (χ3v) is 2.88. The smallest absolute Gasteiger partial charge is 0.255 e. The van der Waals surface area contributed by atoms with Crippen LogP contribution >= 0.6 is 0 Å². The van der Waals surface area contributed by atoms with Gasteiger partial charge in [-0.3, -0.25) is 4.79 Å². The Balaban J connectivity index is 2.23. The quantitative estimate of drug-likeness (QED) is 0.803. The number of nitriles is 2. The molecule has 0 aliphatic carbocycles. The zero-order valence-electron chi connectivity index (χ0n) is 9.81. The fourth-order valence-electron chi connectivity index (χ4n) is 1.98. The van der Waals surface area contributed by atoms with Gasteiger partial charge in [0.25, 0.3) is 5.91 Å². The molecule has 5 heteroatoms. The van der Waals surface area contributed by atoms with Crippen LogP contribution < -0.4 is 5.32 Å². The van der Waals surface area contributed by atoms with Crippen molar-refractivity contribution in [2.24, 2.45) is 0 Å². The fourth-order valence-corrected chi connectivity index (χ4v) is 1.98. The van der Waals surface area contributed by atoms with Crippen molar-refractivity contribution in [3.8, 4) is 12.1 Å². The lowest BCUT2D eigenvalue weighted by atomic mass is 10.1. The van der Waals surface area contributed by atoms with Gasteiger partial charge in [-0.1, -0.05) is 6.07 Å². The van der Waals surface area contributed by atoms with Crippen LogP contribution in [0.15, 0.2) is 18.2 Å². The predicted octanol–water partition coefficient (Wildman–Crippen LogP) is 1.14. The van der Waals surface area contributed by atoms with Crippen molar-refractivity contribution in [1.29, 1.82) is 10.5 Å². The summed E-state index contributed by atoms with van der Waals surface area (Å²) < 4.78 is 0. The molecule has 5 nitrogen and oxygen atoms in total. The normalized spacial score (nSPS) is 11.9. The molecule has 1 N–H and O–H groups in total. The summed E-state index contributed by atoms with van der Waals surface area (Å²) in [6.07, 6.45) is 0.962. The molecule has 90 valence electrons. The molecule has 0 radical (unpaired) electrons. The number of benzene rings is 1. The molecule has 0 bridgehead atoms. The first kappa shape index (κ1) is 11.9. The van der Waals surface area contributed by atoms with Gasteiger partial charge in [0.15, 0.2) is 0 Å². The van der Waals surface area contributed by atoms with Gasteiger partial charge in [0, 0.05) is 17.8 Å². The SMILES string of the molecule is N#CCN(CC#N)C(=O)c1ccc2c(c1)NCC2. The highest BCUT2D eigenvalue weighted by molar-refractivity contribution is 5.95. The van der Waals surface area contributed by atoms with E-state index in [1.165, 1.54) is 10.5 Å². The van der Waals surface area contributed by atoms with E-state index in [0.29, 0.717) is 5.56 Å². The molecule has 0 spiro atoms. The van der Waals surface area contributed by atoms with Gasteiger partial charge in [-0.25, -0.2) is 0 Å². The van der Waals surface area contributed by atoms with Crippen molar-refractivity contribution in [1.82, 2.24) is 4.90 Å². The Morgan fingerprint density at radius 1 is 1.33 bits per heavy atom. The van der Waals surface area contributed by atoms with Crippen molar-refractivity contribution >= 4 is 11.6 Å². The van der Waals surface area contributed by atoms with Crippen LogP contribution in [0.4, 0.5) is 5.69 Å². The molecule has 1 aromatic rings. The highest BCUT2D eigenvalue weighted by Crippen LogP contribution is 2.23. The minimum Gasteiger partial charge on any atom is -0.384 e. The summed E-state index contributed by atoms with van der Waals surface area (Å²) in [6.45, 7) is 0.737. The lowest BCUT2D eigenvalue weighted by molar-refractivity contribution is 0.0795. The summed E-state index contributed by atoms with van der Waals surface area (Å²) >= 11 is 0. The van der Waals surface area contributed by atoms with Crippen LogP contribution in [0.5, 0.6) is 0 Å². The lowest BCUT2D eigenvalue weighted by Gasteiger charge is -2.16. The number of amides is 1. The molecular weight excluding hydrogens is 228 g/mol. The molecule has 0 atom stereocenters. The Morgan fingerprint density at radius 2 is 2.06 bits per heavy atom. The summed E-state index contributed by atoms with van der Waals surface area (Å²) in [6, 6.07) is 9.23. The second-order valence-corrected chi connectivity index (χ2v) is 4.03.